The Bertz CT molecular complexity index is 1040. The van der Waals surface area contributed by atoms with E-state index in [0.29, 0.717) is 24.2 Å². The van der Waals surface area contributed by atoms with Crippen molar-refractivity contribution in [3.63, 3.8) is 0 Å². The van der Waals surface area contributed by atoms with Crippen LogP contribution in [0.15, 0.2) is 36.4 Å². The smallest absolute Gasteiger partial charge is 0.256 e. The highest BCUT2D eigenvalue weighted by atomic mass is 32.2. The third kappa shape index (κ3) is 5.38. The van der Waals surface area contributed by atoms with E-state index in [0.717, 1.165) is 48.0 Å². The molecule has 0 spiro atoms. The van der Waals surface area contributed by atoms with Crippen molar-refractivity contribution in [2.75, 3.05) is 37.8 Å². The molecule has 0 aliphatic carbocycles. The Kier molecular flexibility index (Phi) is 7.33. The predicted octanol–water partition coefficient (Wildman–Crippen LogP) is 2.98. The summed E-state index contributed by atoms with van der Waals surface area (Å²) in [5.74, 6) is 1.58. The quantitative estimate of drug-likeness (QED) is 0.733. The average molecular weight is 467 g/mol. The van der Waals surface area contributed by atoms with E-state index in [9.17, 15) is 14.4 Å². The van der Waals surface area contributed by atoms with Gasteiger partial charge in [0.15, 0.2) is 0 Å². The van der Waals surface area contributed by atoms with Gasteiger partial charge in [0.25, 0.3) is 11.8 Å². The third-order valence-electron chi connectivity index (χ3n) is 6.36. The van der Waals surface area contributed by atoms with Crippen LogP contribution < -0.4 is 5.32 Å². The van der Waals surface area contributed by atoms with Gasteiger partial charge in [0.05, 0.1) is 23.7 Å². The van der Waals surface area contributed by atoms with E-state index >= 15 is 0 Å². The van der Waals surface area contributed by atoms with Crippen LogP contribution in [0.1, 0.15) is 56.4 Å². The van der Waals surface area contributed by atoms with Crippen LogP contribution >= 0.6 is 11.8 Å². The maximum Gasteiger partial charge on any atom is 0.256 e. The number of carbonyl (C=O) groups excluding carboxylic acids is 3. The van der Waals surface area contributed by atoms with E-state index in [1.165, 1.54) is 0 Å². The molecule has 2 fully saturated rings. The molecule has 2 aromatic rings. The van der Waals surface area contributed by atoms with Gasteiger partial charge in [-0.25, -0.2) is 0 Å². The lowest BCUT2D eigenvalue weighted by Gasteiger charge is -2.33. The minimum Gasteiger partial charge on any atom is -0.343 e. The number of amides is 3. The molecule has 33 heavy (non-hydrogen) atoms. The van der Waals surface area contributed by atoms with Crippen LogP contribution in [-0.2, 0) is 4.79 Å². The average Bonchev–Trinajstić information content (AvgIpc) is 3.37. The van der Waals surface area contributed by atoms with Gasteiger partial charge in [0.1, 0.15) is 0 Å². The topological polar surface area (TPSA) is 82.6 Å². The molecule has 0 radical (unpaired) electrons. The Morgan fingerprint density at radius 3 is 2.45 bits per heavy atom. The van der Waals surface area contributed by atoms with Gasteiger partial charge in [-0.15, -0.1) is 11.8 Å². The normalized spacial score (nSPS) is 16.7. The summed E-state index contributed by atoms with van der Waals surface area (Å²) in [7, 11) is 0. The first-order valence-electron chi connectivity index (χ1n) is 11.4. The Labute approximate surface area is 198 Å². The molecule has 3 heterocycles. The van der Waals surface area contributed by atoms with E-state index in [2.05, 4.69) is 5.32 Å². The number of piperidine rings is 1. The third-order valence-corrected chi connectivity index (χ3v) is 7.32. The summed E-state index contributed by atoms with van der Waals surface area (Å²) < 4.78 is 0. The second-order valence-corrected chi connectivity index (χ2v) is 9.72. The Morgan fingerprint density at radius 1 is 1.00 bits per heavy atom. The second kappa shape index (κ2) is 10.4. The SMILES string of the molecule is Cc1ccc(C(=O)N2CCSC2)c(C2CCN(C(=O)CNC(=O)c3ccccc3C)CC2)n1. The molecule has 8 heteroatoms. The van der Waals surface area contributed by atoms with Crippen LogP contribution in [0, 0.1) is 13.8 Å². The van der Waals surface area contributed by atoms with Crippen molar-refractivity contribution in [1.82, 2.24) is 20.1 Å². The van der Waals surface area contributed by atoms with Crippen LogP contribution in [0.25, 0.3) is 0 Å². The fourth-order valence-corrected chi connectivity index (χ4v) is 5.35. The number of aryl methyl sites for hydroxylation is 2. The van der Waals surface area contributed by atoms with Crippen LogP contribution in [-0.4, -0.2) is 70.3 Å². The van der Waals surface area contributed by atoms with E-state index in [-0.39, 0.29) is 30.2 Å². The molecular formula is C25H30N4O3S. The zero-order valence-electron chi connectivity index (χ0n) is 19.2. The molecule has 2 aliphatic rings. The van der Waals surface area contributed by atoms with Crippen LogP contribution in [0.4, 0.5) is 0 Å². The lowest BCUT2D eigenvalue weighted by Crippen LogP contribution is -2.44. The van der Waals surface area contributed by atoms with E-state index in [1.54, 1.807) is 22.7 Å². The summed E-state index contributed by atoms with van der Waals surface area (Å²) in [5.41, 5.74) is 3.92. The van der Waals surface area contributed by atoms with Crippen molar-refractivity contribution >= 4 is 29.5 Å². The molecule has 0 bridgehead atoms. The molecule has 7 nitrogen and oxygen atoms in total. The highest BCUT2D eigenvalue weighted by Crippen LogP contribution is 2.31. The summed E-state index contributed by atoms with van der Waals surface area (Å²) in [6.07, 6.45) is 1.51. The van der Waals surface area contributed by atoms with Gasteiger partial charge < -0.3 is 15.1 Å². The molecule has 1 aromatic heterocycles. The number of hydrogen-bond acceptors (Lipinski definition) is 5. The zero-order chi connectivity index (χ0) is 23.4. The van der Waals surface area contributed by atoms with Crippen molar-refractivity contribution in [2.45, 2.75) is 32.6 Å². The number of nitrogens with one attached hydrogen (secondary N) is 1. The maximum absolute atomic E-state index is 13.1. The second-order valence-electron chi connectivity index (χ2n) is 8.64. The fraction of sp³-hybridized carbons (Fsp3) is 0.440. The first-order valence-corrected chi connectivity index (χ1v) is 12.6. The summed E-state index contributed by atoms with van der Waals surface area (Å²) in [4.78, 5) is 46.6. The van der Waals surface area contributed by atoms with Crippen molar-refractivity contribution in [3.8, 4) is 0 Å². The van der Waals surface area contributed by atoms with Gasteiger partial charge >= 0.3 is 0 Å². The fourth-order valence-electron chi connectivity index (χ4n) is 4.41. The number of nitrogens with zero attached hydrogens (tertiary/aromatic N) is 3. The largest absolute Gasteiger partial charge is 0.343 e. The highest BCUT2D eigenvalue weighted by molar-refractivity contribution is 7.99. The van der Waals surface area contributed by atoms with Gasteiger partial charge in [0, 0.05) is 42.6 Å². The Hall–Kier alpha value is -2.87. The van der Waals surface area contributed by atoms with E-state index in [1.807, 2.05) is 49.1 Å². The van der Waals surface area contributed by atoms with Gasteiger partial charge in [0.2, 0.25) is 5.91 Å². The Morgan fingerprint density at radius 2 is 1.76 bits per heavy atom. The van der Waals surface area contributed by atoms with Crippen LogP contribution in [0.3, 0.4) is 0 Å². The van der Waals surface area contributed by atoms with Crippen molar-refractivity contribution in [3.05, 3.63) is 64.5 Å². The lowest BCUT2D eigenvalue weighted by molar-refractivity contribution is -0.131. The highest BCUT2D eigenvalue weighted by Gasteiger charge is 2.30. The molecule has 4 rings (SSSR count). The number of aromatic nitrogens is 1. The molecule has 174 valence electrons. The van der Waals surface area contributed by atoms with Crippen LogP contribution in [0.2, 0.25) is 0 Å². The number of benzene rings is 1. The molecule has 0 saturated carbocycles. The molecule has 2 saturated heterocycles. The first-order chi connectivity index (χ1) is 15.9. The number of pyridine rings is 1. The molecular weight excluding hydrogens is 436 g/mol. The predicted molar refractivity (Wildman–Crippen MR) is 129 cm³/mol. The number of rotatable bonds is 5. The van der Waals surface area contributed by atoms with Gasteiger partial charge in [-0.3, -0.25) is 19.4 Å². The van der Waals surface area contributed by atoms with Crippen molar-refractivity contribution in [2.24, 2.45) is 0 Å². The summed E-state index contributed by atoms with van der Waals surface area (Å²) >= 11 is 1.77. The number of likely N-dealkylation sites (tertiary alicyclic amines) is 1. The molecule has 3 amide bonds. The molecule has 0 atom stereocenters. The standard InChI is InChI=1S/C25H30N4O3S/c1-17-5-3-4-6-20(17)24(31)26-15-22(30)28-11-9-19(10-12-28)23-21(8-7-18(2)27-23)25(32)29-13-14-33-16-29/h3-8,19H,9-16H2,1-2H3,(H,26,31). The minimum absolute atomic E-state index is 0.0170. The lowest BCUT2D eigenvalue weighted by atomic mass is 9.89. The summed E-state index contributed by atoms with van der Waals surface area (Å²) in [6, 6.07) is 11.1. The van der Waals surface area contributed by atoms with E-state index in [4.69, 9.17) is 4.98 Å². The zero-order valence-corrected chi connectivity index (χ0v) is 20.0. The van der Waals surface area contributed by atoms with Crippen LogP contribution in [0.5, 0.6) is 0 Å². The molecule has 0 unspecified atom stereocenters. The Balaban J connectivity index is 1.35. The molecule has 1 aromatic carbocycles. The van der Waals surface area contributed by atoms with Gasteiger partial charge in [-0.05, 0) is 50.5 Å². The van der Waals surface area contributed by atoms with E-state index < -0.39 is 0 Å². The first kappa shape index (κ1) is 23.3. The van der Waals surface area contributed by atoms with Crippen molar-refractivity contribution < 1.29 is 14.4 Å². The summed E-state index contributed by atoms with van der Waals surface area (Å²) in [5, 5.41) is 2.75. The van der Waals surface area contributed by atoms with Gasteiger partial charge in [-0.2, -0.15) is 0 Å². The minimum atomic E-state index is -0.233. The number of carbonyl (C=O) groups is 3. The molecule has 2 aliphatic heterocycles. The monoisotopic (exact) mass is 466 g/mol. The number of hydrogen-bond donors (Lipinski definition) is 1. The maximum atomic E-state index is 13.1. The van der Waals surface area contributed by atoms with Crippen molar-refractivity contribution in [1.29, 1.82) is 0 Å². The number of thioether (sulfide) groups is 1. The summed E-state index contributed by atoms with van der Waals surface area (Å²) in [6.45, 7) is 5.76. The molecule has 1 N–H and O–H groups in total. The van der Waals surface area contributed by atoms with Gasteiger partial charge in [-0.1, -0.05) is 18.2 Å².